The molecule has 3 rings (SSSR count). The number of amides is 3. The van der Waals surface area contributed by atoms with Gasteiger partial charge in [0.1, 0.15) is 5.69 Å². The molecule has 22 heavy (non-hydrogen) atoms. The van der Waals surface area contributed by atoms with E-state index in [2.05, 4.69) is 15.6 Å². The van der Waals surface area contributed by atoms with Gasteiger partial charge < -0.3 is 5.32 Å². The first-order valence-electron chi connectivity index (χ1n) is 6.34. The lowest BCUT2D eigenvalue weighted by atomic mass is 10.3. The summed E-state index contributed by atoms with van der Waals surface area (Å²) in [6.07, 6.45) is 1.74. The fourth-order valence-corrected chi connectivity index (χ4v) is 2.91. The van der Waals surface area contributed by atoms with Crippen molar-refractivity contribution in [1.29, 1.82) is 0 Å². The SMILES string of the molecule is Cc1nc2sccn2c1C(=O)NC(=O)Nc1ccc(Cl)cc1. The molecule has 1 aromatic carbocycles. The van der Waals surface area contributed by atoms with Crippen molar-refractivity contribution in [2.45, 2.75) is 6.92 Å². The number of hydrogen-bond donors (Lipinski definition) is 2. The van der Waals surface area contributed by atoms with E-state index in [0.717, 1.165) is 0 Å². The lowest BCUT2D eigenvalue weighted by molar-refractivity contribution is 0.0961. The smallest absolute Gasteiger partial charge is 0.308 e. The van der Waals surface area contributed by atoms with Gasteiger partial charge in [-0.15, -0.1) is 11.3 Å². The minimum atomic E-state index is -0.614. The molecule has 8 heteroatoms. The average molecular weight is 335 g/mol. The van der Waals surface area contributed by atoms with Crippen molar-refractivity contribution in [2.75, 3.05) is 5.32 Å². The maximum Gasteiger partial charge on any atom is 0.326 e. The molecule has 0 aliphatic heterocycles. The molecule has 0 saturated carbocycles. The van der Waals surface area contributed by atoms with Crippen LogP contribution < -0.4 is 10.6 Å². The van der Waals surface area contributed by atoms with Crippen LogP contribution in [0.25, 0.3) is 4.96 Å². The van der Waals surface area contributed by atoms with Crippen molar-refractivity contribution in [1.82, 2.24) is 14.7 Å². The van der Waals surface area contributed by atoms with Crippen LogP contribution >= 0.6 is 22.9 Å². The zero-order valence-electron chi connectivity index (χ0n) is 11.5. The molecule has 112 valence electrons. The molecule has 0 fully saturated rings. The Hall–Kier alpha value is -2.38. The van der Waals surface area contributed by atoms with Crippen molar-refractivity contribution in [3.8, 4) is 0 Å². The van der Waals surface area contributed by atoms with Gasteiger partial charge in [-0.3, -0.25) is 14.5 Å². The van der Waals surface area contributed by atoms with E-state index >= 15 is 0 Å². The molecule has 0 saturated heterocycles. The maximum absolute atomic E-state index is 12.2. The number of nitrogens with one attached hydrogen (secondary N) is 2. The quantitative estimate of drug-likeness (QED) is 0.754. The van der Waals surface area contributed by atoms with E-state index in [-0.39, 0.29) is 0 Å². The maximum atomic E-state index is 12.2. The Morgan fingerprint density at radius 3 is 2.73 bits per heavy atom. The van der Waals surface area contributed by atoms with Crippen molar-refractivity contribution >= 4 is 45.5 Å². The molecule has 0 bridgehead atoms. The predicted molar refractivity (Wildman–Crippen MR) is 85.7 cm³/mol. The van der Waals surface area contributed by atoms with Gasteiger partial charge in [0.25, 0.3) is 5.91 Å². The number of aryl methyl sites for hydroxylation is 1. The number of carbonyl (C=O) groups is 2. The number of fused-ring (bicyclic) bond motifs is 1. The van der Waals surface area contributed by atoms with Gasteiger partial charge >= 0.3 is 6.03 Å². The summed E-state index contributed by atoms with van der Waals surface area (Å²) in [5, 5.41) is 7.25. The number of hydrogen-bond acceptors (Lipinski definition) is 4. The van der Waals surface area contributed by atoms with E-state index in [0.29, 0.717) is 27.1 Å². The lowest BCUT2D eigenvalue weighted by Crippen LogP contribution is -2.35. The van der Waals surface area contributed by atoms with E-state index < -0.39 is 11.9 Å². The third kappa shape index (κ3) is 2.81. The molecule has 0 atom stereocenters. The summed E-state index contributed by atoms with van der Waals surface area (Å²) in [5.41, 5.74) is 1.46. The molecular formula is C14H11ClN4O2S. The monoisotopic (exact) mass is 334 g/mol. The molecule has 2 aromatic heterocycles. The lowest BCUT2D eigenvalue weighted by Gasteiger charge is -2.06. The number of imide groups is 1. The normalized spacial score (nSPS) is 10.6. The number of anilines is 1. The first-order chi connectivity index (χ1) is 10.5. The Morgan fingerprint density at radius 2 is 2.00 bits per heavy atom. The second kappa shape index (κ2) is 5.78. The number of benzene rings is 1. The number of thiazole rings is 1. The van der Waals surface area contributed by atoms with Crippen LogP contribution in [-0.4, -0.2) is 21.3 Å². The van der Waals surface area contributed by atoms with Crippen LogP contribution in [-0.2, 0) is 0 Å². The fourth-order valence-electron chi connectivity index (χ4n) is 2.03. The number of urea groups is 1. The Bertz CT molecular complexity index is 853. The van der Waals surface area contributed by atoms with Crippen molar-refractivity contribution in [2.24, 2.45) is 0 Å². The topological polar surface area (TPSA) is 75.5 Å². The van der Waals surface area contributed by atoms with Gasteiger partial charge in [-0.25, -0.2) is 9.78 Å². The Kier molecular flexibility index (Phi) is 3.82. The van der Waals surface area contributed by atoms with Gasteiger partial charge in [-0.2, -0.15) is 0 Å². The highest BCUT2D eigenvalue weighted by atomic mass is 35.5. The summed E-state index contributed by atoms with van der Waals surface area (Å²) in [6, 6.07) is 5.97. The van der Waals surface area contributed by atoms with Crippen molar-refractivity contribution < 1.29 is 9.59 Å². The summed E-state index contributed by atoms with van der Waals surface area (Å²) in [4.78, 5) is 29.1. The Balaban J connectivity index is 1.73. The molecule has 2 heterocycles. The van der Waals surface area contributed by atoms with Crippen LogP contribution in [0.5, 0.6) is 0 Å². The Morgan fingerprint density at radius 1 is 1.27 bits per heavy atom. The first-order valence-corrected chi connectivity index (χ1v) is 7.60. The van der Waals surface area contributed by atoms with Crippen LogP contribution in [0.15, 0.2) is 35.8 Å². The van der Waals surface area contributed by atoms with Gasteiger partial charge in [0, 0.05) is 22.3 Å². The number of nitrogens with zero attached hydrogens (tertiary/aromatic N) is 2. The van der Waals surface area contributed by atoms with Crippen LogP contribution in [0.4, 0.5) is 10.5 Å². The van der Waals surface area contributed by atoms with Crippen molar-refractivity contribution in [3.63, 3.8) is 0 Å². The molecule has 0 unspecified atom stereocenters. The fraction of sp³-hybridized carbons (Fsp3) is 0.0714. The summed E-state index contributed by atoms with van der Waals surface area (Å²) in [6.45, 7) is 1.73. The summed E-state index contributed by atoms with van der Waals surface area (Å²) >= 11 is 7.19. The second-order valence-electron chi connectivity index (χ2n) is 4.52. The molecule has 0 aliphatic rings. The number of halogens is 1. The summed E-state index contributed by atoms with van der Waals surface area (Å²) in [5.74, 6) is -0.505. The standard InChI is InChI=1S/C14H11ClN4O2S/c1-8-11(19-6-7-22-14(19)16-8)12(20)18-13(21)17-10-4-2-9(15)3-5-10/h2-7H,1H3,(H2,17,18,20,21). The summed E-state index contributed by atoms with van der Waals surface area (Å²) < 4.78 is 1.66. The number of rotatable bonds is 2. The molecule has 6 nitrogen and oxygen atoms in total. The predicted octanol–water partition coefficient (Wildman–Crippen LogP) is 3.32. The van der Waals surface area contributed by atoms with Gasteiger partial charge in [0.05, 0.1) is 5.69 Å². The molecule has 2 N–H and O–H groups in total. The molecule has 3 aromatic rings. The first kappa shape index (κ1) is 14.6. The van der Waals surface area contributed by atoms with Gasteiger partial charge in [0.2, 0.25) is 0 Å². The van der Waals surface area contributed by atoms with Crippen LogP contribution in [0, 0.1) is 6.92 Å². The number of aromatic nitrogens is 2. The number of imidazole rings is 1. The van der Waals surface area contributed by atoms with Crippen LogP contribution in [0.2, 0.25) is 5.02 Å². The zero-order chi connectivity index (χ0) is 15.7. The van der Waals surface area contributed by atoms with Gasteiger partial charge in [-0.1, -0.05) is 11.6 Å². The second-order valence-corrected chi connectivity index (χ2v) is 5.83. The highest BCUT2D eigenvalue weighted by Crippen LogP contribution is 2.17. The minimum absolute atomic E-state index is 0.350. The van der Waals surface area contributed by atoms with Gasteiger partial charge in [0.15, 0.2) is 4.96 Å². The summed E-state index contributed by atoms with van der Waals surface area (Å²) in [7, 11) is 0. The Labute approximate surface area is 134 Å². The molecule has 0 spiro atoms. The highest BCUT2D eigenvalue weighted by Gasteiger charge is 2.19. The zero-order valence-corrected chi connectivity index (χ0v) is 13.0. The van der Waals surface area contributed by atoms with E-state index in [1.165, 1.54) is 11.3 Å². The molecular weight excluding hydrogens is 324 g/mol. The van der Waals surface area contributed by atoms with Gasteiger partial charge in [-0.05, 0) is 31.2 Å². The van der Waals surface area contributed by atoms with E-state index in [1.54, 1.807) is 41.8 Å². The highest BCUT2D eigenvalue weighted by molar-refractivity contribution is 7.15. The van der Waals surface area contributed by atoms with Crippen LogP contribution in [0.3, 0.4) is 0 Å². The average Bonchev–Trinajstić information content (AvgIpc) is 3.00. The van der Waals surface area contributed by atoms with E-state index in [4.69, 9.17) is 11.6 Å². The largest absolute Gasteiger partial charge is 0.326 e. The van der Waals surface area contributed by atoms with E-state index in [9.17, 15) is 9.59 Å². The molecule has 0 radical (unpaired) electrons. The molecule has 3 amide bonds. The molecule has 0 aliphatic carbocycles. The third-order valence-electron chi connectivity index (χ3n) is 2.98. The van der Waals surface area contributed by atoms with Crippen molar-refractivity contribution in [3.05, 3.63) is 52.3 Å². The minimum Gasteiger partial charge on any atom is -0.308 e. The van der Waals surface area contributed by atoms with E-state index in [1.807, 2.05) is 5.38 Å². The third-order valence-corrected chi connectivity index (χ3v) is 3.99. The van der Waals surface area contributed by atoms with Crippen LogP contribution in [0.1, 0.15) is 16.2 Å². The number of carbonyl (C=O) groups excluding carboxylic acids is 2.